The molecule has 1 unspecified atom stereocenters. The van der Waals surface area contributed by atoms with E-state index in [-0.39, 0.29) is 18.5 Å². The van der Waals surface area contributed by atoms with E-state index in [9.17, 15) is 9.50 Å². The van der Waals surface area contributed by atoms with Gasteiger partial charge in [-0.05, 0) is 43.1 Å². The molecule has 1 fully saturated rings. The Morgan fingerprint density at radius 2 is 2.33 bits per heavy atom. The van der Waals surface area contributed by atoms with Gasteiger partial charge in [-0.25, -0.2) is 4.39 Å². The maximum absolute atomic E-state index is 13.3. The Bertz CT molecular complexity index is 397. The average molecular weight is 252 g/mol. The van der Waals surface area contributed by atoms with Crippen LogP contribution in [0.2, 0.25) is 0 Å². The Balaban J connectivity index is 2.25. The highest BCUT2D eigenvalue weighted by Gasteiger charge is 2.25. The van der Waals surface area contributed by atoms with E-state index in [1.54, 1.807) is 6.07 Å². The lowest BCUT2D eigenvalue weighted by Gasteiger charge is -2.27. The first-order valence-corrected chi connectivity index (χ1v) is 6.63. The van der Waals surface area contributed by atoms with Crippen molar-refractivity contribution in [2.24, 2.45) is 0 Å². The number of hydrogen-bond donors (Lipinski definition) is 2. The van der Waals surface area contributed by atoms with Gasteiger partial charge in [0.25, 0.3) is 0 Å². The molecule has 1 aromatic rings. The predicted molar refractivity (Wildman–Crippen MR) is 71.2 cm³/mol. The first kappa shape index (κ1) is 13.3. The minimum Gasteiger partial charge on any atom is -0.394 e. The number of nitrogens with one attached hydrogen (secondary N) is 1. The second-order valence-electron chi connectivity index (χ2n) is 4.73. The molecule has 1 heterocycles. The lowest BCUT2D eigenvalue weighted by atomic mass is 10.1. The molecule has 4 heteroatoms. The van der Waals surface area contributed by atoms with Crippen LogP contribution in [0.1, 0.15) is 25.3 Å². The standard InChI is InChI=1S/C14H21FN2O/c1-2-16-9-11-8-12(15)5-6-14(11)17-7-3-4-13(17)10-18/h5-6,8,13,16,18H,2-4,7,9-10H2,1H3. The fourth-order valence-corrected chi connectivity index (χ4v) is 2.58. The lowest BCUT2D eigenvalue weighted by Crippen LogP contribution is -2.33. The van der Waals surface area contributed by atoms with Crippen LogP contribution in [-0.4, -0.2) is 30.8 Å². The van der Waals surface area contributed by atoms with Crippen LogP contribution in [0.3, 0.4) is 0 Å². The molecule has 1 aliphatic rings. The number of benzene rings is 1. The summed E-state index contributed by atoms with van der Waals surface area (Å²) in [4.78, 5) is 2.20. The van der Waals surface area contributed by atoms with Gasteiger partial charge in [0.15, 0.2) is 0 Å². The molecule has 2 rings (SSSR count). The third-order valence-corrected chi connectivity index (χ3v) is 3.50. The highest BCUT2D eigenvalue weighted by atomic mass is 19.1. The zero-order valence-electron chi connectivity index (χ0n) is 10.8. The van der Waals surface area contributed by atoms with E-state index in [0.717, 1.165) is 37.2 Å². The summed E-state index contributed by atoms with van der Waals surface area (Å²) in [5.74, 6) is -0.202. The fraction of sp³-hybridized carbons (Fsp3) is 0.571. The van der Waals surface area contributed by atoms with Gasteiger partial charge < -0.3 is 15.3 Å². The quantitative estimate of drug-likeness (QED) is 0.840. The minimum atomic E-state index is -0.202. The summed E-state index contributed by atoms with van der Waals surface area (Å²) in [6.45, 7) is 4.66. The normalized spacial score (nSPS) is 19.5. The Labute approximate surface area is 108 Å². The molecule has 1 atom stereocenters. The first-order valence-electron chi connectivity index (χ1n) is 6.63. The van der Waals surface area contributed by atoms with E-state index in [4.69, 9.17) is 0 Å². The summed E-state index contributed by atoms with van der Waals surface area (Å²) in [6, 6.07) is 5.09. The second kappa shape index (κ2) is 6.16. The Morgan fingerprint density at radius 3 is 3.06 bits per heavy atom. The summed E-state index contributed by atoms with van der Waals surface area (Å²) < 4.78 is 13.3. The number of nitrogens with zero attached hydrogens (tertiary/aromatic N) is 1. The Morgan fingerprint density at radius 1 is 1.50 bits per heavy atom. The van der Waals surface area contributed by atoms with Crippen LogP contribution in [0.15, 0.2) is 18.2 Å². The predicted octanol–water partition coefficient (Wildman–Crippen LogP) is 1.90. The van der Waals surface area contributed by atoms with Gasteiger partial charge in [-0.3, -0.25) is 0 Å². The molecule has 0 aromatic heterocycles. The van der Waals surface area contributed by atoms with E-state index >= 15 is 0 Å². The molecular weight excluding hydrogens is 231 g/mol. The van der Waals surface area contributed by atoms with Crippen LogP contribution >= 0.6 is 0 Å². The SMILES string of the molecule is CCNCc1cc(F)ccc1N1CCCC1CO. The maximum atomic E-state index is 13.3. The summed E-state index contributed by atoms with van der Waals surface area (Å²) in [7, 11) is 0. The van der Waals surface area contributed by atoms with Gasteiger partial charge >= 0.3 is 0 Å². The van der Waals surface area contributed by atoms with E-state index in [2.05, 4.69) is 10.2 Å². The average Bonchev–Trinajstić information content (AvgIpc) is 2.84. The van der Waals surface area contributed by atoms with Crippen molar-refractivity contribution in [3.05, 3.63) is 29.6 Å². The van der Waals surface area contributed by atoms with Gasteiger partial charge in [0, 0.05) is 18.8 Å². The molecule has 0 saturated carbocycles. The summed E-state index contributed by atoms with van der Waals surface area (Å²) in [5, 5.41) is 12.6. The van der Waals surface area contributed by atoms with Crippen molar-refractivity contribution in [1.82, 2.24) is 5.32 Å². The van der Waals surface area contributed by atoms with Crippen molar-refractivity contribution in [2.45, 2.75) is 32.4 Å². The summed E-state index contributed by atoms with van der Waals surface area (Å²) in [6.07, 6.45) is 2.10. The monoisotopic (exact) mass is 252 g/mol. The molecule has 18 heavy (non-hydrogen) atoms. The van der Waals surface area contributed by atoms with E-state index in [1.807, 2.05) is 13.0 Å². The molecule has 3 nitrogen and oxygen atoms in total. The van der Waals surface area contributed by atoms with Crippen LogP contribution in [-0.2, 0) is 6.54 Å². The largest absolute Gasteiger partial charge is 0.394 e. The summed E-state index contributed by atoms with van der Waals surface area (Å²) >= 11 is 0. The third kappa shape index (κ3) is 2.82. The molecule has 1 saturated heterocycles. The zero-order chi connectivity index (χ0) is 13.0. The number of aliphatic hydroxyl groups is 1. The van der Waals surface area contributed by atoms with Crippen molar-refractivity contribution in [3.63, 3.8) is 0 Å². The number of hydrogen-bond acceptors (Lipinski definition) is 3. The van der Waals surface area contributed by atoms with Crippen LogP contribution < -0.4 is 10.2 Å². The van der Waals surface area contributed by atoms with Gasteiger partial charge in [-0.15, -0.1) is 0 Å². The van der Waals surface area contributed by atoms with E-state index in [1.165, 1.54) is 6.07 Å². The maximum Gasteiger partial charge on any atom is 0.123 e. The van der Waals surface area contributed by atoms with E-state index in [0.29, 0.717) is 6.54 Å². The second-order valence-corrected chi connectivity index (χ2v) is 4.73. The molecule has 0 aliphatic carbocycles. The van der Waals surface area contributed by atoms with Crippen molar-refractivity contribution >= 4 is 5.69 Å². The van der Waals surface area contributed by atoms with Crippen LogP contribution in [0, 0.1) is 5.82 Å². The van der Waals surface area contributed by atoms with Gasteiger partial charge in [0.1, 0.15) is 5.82 Å². The van der Waals surface area contributed by atoms with Gasteiger partial charge in [-0.1, -0.05) is 6.92 Å². The topological polar surface area (TPSA) is 35.5 Å². The molecule has 0 spiro atoms. The zero-order valence-corrected chi connectivity index (χ0v) is 10.8. The van der Waals surface area contributed by atoms with Gasteiger partial charge in [0.05, 0.1) is 12.6 Å². The molecule has 100 valence electrons. The van der Waals surface area contributed by atoms with Crippen molar-refractivity contribution in [1.29, 1.82) is 0 Å². The molecule has 1 aromatic carbocycles. The first-order chi connectivity index (χ1) is 8.76. The molecular formula is C14H21FN2O. The third-order valence-electron chi connectivity index (χ3n) is 3.50. The van der Waals surface area contributed by atoms with Crippen LogP contribution in [0.25, 0.3) is 0 Å². The molecule has 1 aliphatic heterocycles. The van der Waals surface area contributed by atoms with Crippen molar-refractivity contribution in [2.75, 3.05) is 24.6 Å². The number of anilines is 1. The van der Waals surface area contributed by atoms with Gasteiger partial charge in [0.2, 0.25) is 0 Å². The molecule has 0 bridgehead atoms. The highest BCUT2D eigenvalue weighted by Crippen LogP contribution is 2.29. The molecule has 0 radical (unpaired) electrons. The Hall–Kier alpha value is -1.13. The summed E-state index contributed by atoms with van der Waals surface area (Å²) in [5.41, 5.74) is 2.02. The number of halogens is 1. The number of aliphatic hydroxyl groups excluding tert-OH is 1. The van der Waals surface area contributed by atoms with Crippen LogP contribution in [0.5, 0.6) is 0 Å². The fourth-order valence-electron chi connectivity index (χ4n) is 2.58. The molecule has 2 N–H and O–H groups in total. The Kier molecular flexibility index (Phi) is 4.55. The van der Waals surface area contributed by atoms with Crippen molar-refractivity contribution < 1.29 is 9.50 Å². The molecule has 0 amide bonds. The lowest BCUT2D eigenvalue weighted by molar-refractivity contribution is 0.266. The van der Waals surface area contributed by atoms with Crippen molar-refractivity contribution in [3.8, 4) is 0 Å². The van der Waals surface area contributed by atoms with E-state index < -0.39 is 0 Å². The minimum absolute atomic E-state index is 0.165. The highest BCUT2D eigenvalue weighted by molar-refractivity contribution is 5.55. The smallest absolute Gasteiger partial charge is 0.123 e. The number of rotatable bonds is 5. The van der Waals surface area contributed by atoms with Crippen LogP contribution in [0.4, 0.5) is 10.1 Å². The van der Waals surface area contributed by atoms with Gasteiger partial charge in [-0.2, -0.15) is 0 Å².